The minimum atomic E-state index is 0.455. The standard InChI is InChI=1S/C9H11N5/c1-3-11-9-12-8(13-14(9)5-1)7-2-4-10-6-7/h1,3,5,7,10H,2,4,6H2. The molecule has 1 fully saturated rings. The Morgan fingerprint density at radius 2 is 2.50 bits per heavy atom. The first-order valence-corrected chi connectivity index (χ1v) is 4.81. The molecule has 0 aromatic carbocycles. The van der Waals surface area contributed by atoms with Crippen molar-refractivity contribution in [2.24, 2.45) is 0 Å². The molecule has 1 aliphatic heterocycles. The van der Waals surface area contributed by atoms with Crippen molar-refractivity contribution < 1.29 is 0 Å². The molecule has 1 N–H and O–H groups in total. The fraction of sp³-hybridized carbons (Fsp3) is 0.444. The SMILES string of the molecule is c1cnc2nc(C3CCNC3)nn2c1. The lowest BCUT2D eigenvalue weighted by Crippen LogP contribution is -2.08. The molecule has 3 heterocycles. The lowest BCUT2D eigenvalue weighted by Gasteiger charge is -1.99. The predicted octanol–water partition coefficient (Wildman–Crippen LogP) is 0.201. The molecule has 2 aromatic heterocycles. The summed E-state index contributed by atoms with van der Waals surface area (Å²) < 4.78 is 1.73. The van der Waals surface area contributed by atoms with Crippen molar-refractivity contribution in [3.05, 3.63) is 24.3 Å². The molecule has 0 saturated carbocycles. The summed E-state index contributed by atoms with van der Waals surface area (Å²) in [5, 5.41) is 7.70. The fourth-order valence-electron chi connectivity index (χ4n) is 1.80. The van der Waals surface area contributed by atoms with Gasteiger partial charge in [-0.05, 0) is 19.0 Å². The van der Waals surface area contributed by atoms with Crippen LogP contribution in [0.25, 0.3) is 5.78 Å². The van der Waals surface area contributed by atoms with Gasteiger partial charge in [-0.2, -0.15) is 4.98 Å². The predicted molar refractivity (Wildman–Crippen MR) is 51.0 cm³/mol. The lowest BCUT2D eigenvalue weighted by atomic mass is 10.1. The summed E-state index contributed by atoms with van der Waals surface area (Å²) in [5.41, 5.74) is 0. The van der Waals surface area contributed by atoms with E-state index in [2.05, 4.69) is 20.4 Å². The van der Waals surface area contributed by atoms with Crippen molar-refractivity contribution in [2.75, 3.05) is 13.1 Å². The Balaban J connectivity index is 2.05. The Bertz CT molecular complexity index is 410. The second kappa shape index (κ2) is 3.02. The van der Waals surface area contributed by atoms with Crippen LogP contribution < -0.4 is 5.32 Å². The summed E-state index contributed by atoms with van der Waals surface area (Å²) >= 11 is 0. The summed E-state index contributed by atoms with van der Waals surface area (Å²) in [6.07, 6.45) is 4.73. The van der Waals surface area contributed by atoms with Gasteiger partial charge < -0.3 is 5.32 Å². The van der Waals surface area contributed by atoms with E-state index in [1.54, 1.807) is 10.7 Å². The molecule has 3 rings (SSSR count). The second-order valence-electron chi connectivity index (χ2n) is 3.52. The number of hydrogen-bond acceptors (Lipinski definition) is 4. The second-order valence-corrected chi connectivity index (χ2v) is 3.52. The highest BCUT2D eigenvalue weighted by molar-refractivity contribution is 5.26. The van der Waals surface area contributed by atoms with Crippen molar-refractivity contribution in [2.45, 2.75) is 12.3 Å². The molecule has 1 unspecified atom stereocenters. The minimum absolute atomic E-state index is 0.455. The summed E-state index contributed by atoms with van der Waals surface area (Å²) in [5.74, 6) is 2.06. The van der Waals surface area contributed by atoms with E-state index in [1.807, 2.05) is 12.3 Å². The minimum Gasteiger partial charge on any atom is -0.316 e. The van der Waals surface area contributed by atoms with Gasteiger partial charge in [0, 0.05) is 24.9 Å². The first-order chi connectivity index (χ1) is 6.93. The molecule has 0 radical (unpaired) electrons. The largest absolute Gasteiger partial charge is 0.316 e. The third kappa shape index (κ3) is 1.17. The van der Waals surface area contributed by atoms with Crippen LogP contribution in [-0.4, -0.2) is 32.7 Å². The number of nitrogens with zero attached hydrogens (tertiary/aromatic N) is 4. The smallest absolute Gasteiger partial charge is 0.252 e. The first-order valence-electron chi connectivity index (χ1n) is 4.81. The zero-order valence-electron chi connectivity index (χ0n) is 7.72. The van der Waals surface area contributed by atoms with Crippen LogP contribution in [0.15, 0.2) is 18.5 Å². The Morgan fingerprint density at radius 3 is 3.29 bits per heavy atom. The zero-order chi connectivity index (χ0) is 9.38. The van der Waals surface area contributed by atoms with Gasteiger partial charge in [0.25, 0.3) is 5.78 Å². The van der Waals surface area contributed by atoms with Gasteiger partial charge in [-0.15, -0.1) is 5.10 Å². The van der Waals surface area contributed by atoms with Gasteiger partial charge in [-0.1, -0.05) is 0 Å². The normalized spacial score (nSPS) is 21.9. The van der Waals surface area contributed by atoms with Crippen LogP contribution in [0.5, 0.6) is 0 Å². The molecule has 14 heavy (non-hydrogen) atoms. The summed E-state index contributed by atoms with van der Waals surface area (Å²) in [6, 6.07) is 1.86. The Morgan fingerprint density at radius 1 is 1.50 bits per heavy atom. The number of aromatic nitrogens is 4. The maximum Gasteiger partial charge on any atom is 0.252 e. The highest BCUT2D eigenvalue weighted by Gasteiger charge is 2.20. The van der Waals surface area contributed by atoms with Crippen LogP contribution >= 0.6 is 0 Å². The molecule has 0 spiro atoms. The van der Waals surface area contributed by atoms with Crippen LogP contribution in [0.4, 0.5) is 0 Å². The average Bonchev–Trinajstić information content (AvgIpc) is 2.86. The molecule has 5 heteroatoms. The molecule has 72 valence electrons. The van der Waals surface area contributed by atoms with Gasteiger partial charge in [0.15, 0.2) is 5.82 Å². The van der Waals surface area contributed by atoms with E-state index in [9.17, 15) is 0 Å². The van der Waals surface area contributed by atoms with E-state index in [0.717, 1.165) is 25.3 Å². The van der Waals surface area contributed by atoms with E-state index < -0.39 is 0 Å². The fourth-order valence-corrected chi connectivity index (χ4v) is 1.80. The van der Waals surface area contributed by atoms with Crippen molar-refractivity contribution in [3.8, 4) is 0 Å². The third-order valence-corrected chi connectivity index (χ3v) is 2.56. The molecule has 1 saturated heterocycles. The molecule has 1 aliphatic rings. The maximum atomic E-state index is 4.40. The molecule has 2 aromatic rings. The van der Waals surface area contributed by atoms with E-state index >= 15 is 0 Å². The molecular weight excluding hydrogens is 178 g/mol. The molecular formula is C9H11N5. The maximum absolute atomic E-state index is 4.40. The zero-order valence-corrected chi connectivity index (χ0v) is 7.72. The number of nitrogens with one attached hydrogen (secondary N) is 1. The Kier molecular flexibility index (Phi) is 1.70. The van der Waals surface area contributed by atoms with Crippen molar-refractivity contribution in [3.63, 3.8) is 0 Å². The van der Waals surface area contributed by atoms with Crippen LogP contribution in [-0.2, 0) is 0 Å². The van der Waals surface area contributed by atoms with Crippen LogP contribution in [0, 0.1) is 0 Å². The van der Waals surface area contributed by atoms with Crippen molar-refractivity contribution >= 4 is 5.78 Å². The van der Waals surface area contributed by atoms with Gasteiger partial charge in [-0.25, -0.2) is 9.50 Å². The van der Waals surface area contributed by atoms with Gasteiger partial charge in [0.2, 0.25) is 0 Å². The average molecular weight is 189 g/mol. The number of hydrogen-bond donors (Lipinski definition) is 1. The molecule has 0 amide bonds. The van der Waals surface area contributed by atoms with Crippen LogP contribution in [0.2, 0.25) is 0 Å². The highest BCUT2D eigenvalue weighted by Crippen LogP contribution is 2.18. The number of rotatable bonds is 1. The molecule has 1 atom stereocenters. The summed E-state index contributed by atoms with van der Waals surface area (Å²) in [4.78, 5) is 8.54. The van der Waals surface area contributed by atoms with Crippen molar-refractivity contribution in [1.82, 2.24) is 24.9 Å². The Hall–Kier alpha value is -1.49. The monoisotopic (exact) mass is 189 g/mol. The first kappa shape index (κ1) is 7.87. The van der Waals surface area contributed by atoms with Gasteiger partial charge in [0.05, 0.1) is 0 Å². The topological polar surface area (TPSA) is 55.1 Å². The molecule has 0 aliphatic carbocycles. The molecule has 5 nitrogen and oxygen atoms in total. The molecule has 0 bridgehead atoms. The Labute approximate surface area is 81.2 Å². The number of fused-ring (bicyclic) bond motifs is 1. The summed E-state index contributed by atoms with van der Waals surface area (Å²) in [7, 11) is 0. The van der Waals surface area contributed by atoms with Gasteiger partial charge >= 0.3 is 0 Å². The highest BCUT2D eigenvalue weighted by atomic mass is 15.3. The van der Waals surface area contributed by atoms with E-state index in [-0.39, 0.29) is 0 Å². The van der Waals surface area contributed by atoms with Gasteiger partial charge in [0.1, 0.15) is 0 Å². The van der Waals surface area contributed by atoms with E-state index in [0.29, 0.717) is 11.7 Å². The van der Waals surface area contributed by atoms with Gasteiger partial charge in [-0.3, -0.25) is 0 Å². The quantitative estimate of drug-likeness (QED) is 0.696. The van der Waals surface area contributed by atoms with Crippen molar-refractivity contribution in [1.29, 1.82) is 0 Å². The van der Waals surface area contributed by atoms with Crippen LogP contribution in [0.1, 0.15) is 18.2 Å². The van der Waals surface area contributed by atoms with E-state index in [1.165, 1.54) is 0 Å². The van der Waals surface area contributed by atoms with E-state index in [4.69, 9.17) is 0 Å². The third-order valence-electron chi connectivity index (χ3n) is 2.56. The summed E-state index contributed by atoms with van der Waals surface area (Å²) in [6.45, 7) is 2.05. The van der Waals surface area contributed by atoms with Crippen LogP contribution in [0.3, 0.4) is 0 Å². The lowest BCUT2D eigenvalue weighted by molar-refractivity contribution is 0.698.